The largest absolute Gasteiger partial charge is 0.497 e. The first-order valence-electron chi connectivity index (χ1n) is 5.22. The van der Waals surface area contributed by atoms with Crippen LogP contribution in [0.5, 0.6) is 5.75 Å². The molecule has 4 nitrogen and oxygen atoms in total. The predicted molar refractivity (Wildman–Crippen MR) is 66.8 cm³/mol. The van der Waals surface area contributed by atoms with Crippen LogP contribution in [0.1, 0.15) is 10.4 Å². The fraction of sp³-hybridized carbons (Fsp3) is 0.417. The lowest BCUT2D eigenvalue weighted by molar-refractivity contribution is 0.0949. The minimum atomic E-state index is -0.220. The Morgan fingerprint density at radius 2 is 2.00 bits per heavy atom. The zero-order valence-corrected chi connectivity index (χ0v) is 10.7. The number of methoxy groups -OCH3 is 2. The van der Waals surface area contributed by atoms with Crippen molar-refractivity contribution in [2.45, 2.75) is 5.38 Å². The van der Waals surface area contributed by atoms with Gasteiger partial charge in [0, 0.05) is 19.2 Å². The molecular weight excluding hydrogens is 242 g/mol. The Hall–Kier alpha value is -1.26. The Morgan fingerprint density at radius 3 is 2.53 bits per heavy atom. The number of hydrogen-bond donors (Lipinski definition) is 1. The van der Waals surface area contributed by atoms with Crippen LogP contribution in [0.3, 0.4) is 0 Å². The highest BCUT2D eigenvalue weighted by Crippen LogP contribution is 2.11. The molecule has 0 aliphatic rings. The van der Waals surface area contributed by atoms with Gasteiger partial charge in [-0.05, 0) is 24.3 Å². The maximum Gasteiger partial charge on any atom is 0.251 e. The second kappa shape index (κ2) is 7.14. The van der Waals surface area contributed by atoms with Crippen LogP contribution < -0.4 is 10.1 Å². The number of amides is 1. The minimum Gasteiger partial charge on any atom is -0.497 e. The Bertz CT molecular complexity index is 353. The van der Waals surface area contributed by atoms with Crippen LogP contribution in [-0.4, -0.2) is 38.7 Å². The highest BCUT2D eigenvalue weighted by Gasteiger charge is 2.08. The summed E-state index contributed by atoms with van der Waals surface area (Å²) in [7, 11) is 3.15. The summed E-state index contributed by atoms with van der Waals surface area (Å²) in [5.74, 6) is 0.561. The van der Waals surface area contributed by atoms with Crippen LogP contribution in [0.2, 0.25) is 0 Å². The molecular formula is C12H16ClNO3. The average Bonchev–Trinajstić information content (AvgIpc) is 2.36. The van der Waals surface area contributed by atoms with Crippen molar-refractivity contribution in [3.63, 3.8) is 0 Å². The number of rotatable bonds is 6. The number of carbonyl (C=O) groups is 1. The molecule has 1 rings (SSSR count). The van der Waals surface area contributed by atoms with E-state index in [2.05, 4.69) is 5.32 Å². The molecule has 94 valence electrons. The summed E-state index contributed by atoms with van der Waals surface area (Å²) in [5.41, 5.74) is 0.576. The Morgan fingerprint density at radius 1 is 1.35 bits per heavy atom. The fourth-order valence-electron chi connectivity index (χ4n) is 1.29. The molecule has 1 aromatic carbocycles. The van der Waals surface area contributed by atoms with Gasteiger partial charge in [0.15, 0.2) is 0 Å². The van der Waals surface area contributed by atoms with E-state index in [1.165, 1.54) is 0 Å². The van der Waals surface area contributed by atoms with Crippen molar-refractivity contribution in [2.24, 2.45) is 0 Å². The predicted octanol–water partition coefficient (Wildman–Crippen LogP) is 1.68. The van der Waals surface area contributed by atoms with Crippen molar-refractivity contribution >= 4 is 17.5 Å². The molecule has 0 spiro atoms. The maximum absolute atomic E-state index is 11.7. The molecule has 0 aromatic heterocycles. The summed E-state index contributed by atoms with van der Waals surface area (Å²) < 4.78 is 9.88. The number of alkyl halides is 1. The molecule has 5 heteroatoms. The molecule has 0 bridgehead atoms. The minimum absolute atomic E-state index is 0.158. The van der Waals surface area contributed by atoms with Gasteiger partial charge in [-0.2, -0.15) is 0 Å². The van der Waals surface area contributed by atoms with Crippen LogP contribution in [0.15, 0.2) is 24.3 Å². The van der Waals surface area contributed by atoms with E-state index in [-0.39, 0.29) is 11.3 Å². The fourth-order valence-corrected chi connectivity index (χ4v) is 1.49. The lowest BCUT2D eigenvalue weighted by Gasteiger charge is -2.10. The monoisotopic (exact) mass is 257 g/mol. The van der Waals surface area contributed by atoms with E-state index in [4.69, 9.17) is 21.1 Å². The summed E-state index contributed by atoms with van der Waals surface area (Å²) in [6.45, 7) is 0.782. The van der Waals surface area contributed by atoms with E-state index < -0.39 is 0 Å². The van der Waals surface area contributed by atoms with Gasteiger partial charge in [-0.15, -0.1) is 11.6 Å². The van der Waals surface area contributed by atoms with Crippen LogP contribution in [0, 0.1) is 0 Å². The second-order valence-electron chi connectivity index (χ2n) is 3.49. The third-order valence-electron chi connectivity index (χ3n) is 2.18. The van der Waals surface area contributed by atoms with E-state index in [9.17, 15) is 4.79 Å². The summed E-state index contributed by atoms with van der Waals surface area (Å²) >= 11 is 5.90. The number of hydrogen-bond acceptors (Lipinski definition) is 3. The first kappa shape index (κ1) is 13.8. The molecule has 0 heterocycles. The van der Waals surface area contributed by atoms with Crippen LogP contribution in [0.4, 0.5) is 0 Å². The quantitative estimate of drug-likeness (QED) is 0.789. The van der Waals surface area contributed by atoms with Gasteiger partial charge in [0.2, 0.25) is 0 Å². The van der Waals surface area contributed by atoms with Crippen molar-refractivity contribution in [1.82, 2.24) is 5.32 Å². The molecule has 0 aliphatic carbocycles. The van der Waals surface area contributed by atoms with Gasteiger partial charge in [0.05, 0.1) is 19.1 Å². The summed E-state index contributed by atoms with van der Waals surface area (Å²) in [6, 6.07) is 6.88. The van der Waals surface area contributed by atoms with E-state index in [0.717, 1.165) is 5.75 Å². The molecule has 0 saturated heterocycles. The third kappa shape index (κ3) is 4.63. The van der Waals surface area contributed by atoms with Crippen molar-refractivity contribution in [2.75, 3.05) is 27.4 Å². The van der Waals surface area contributed by atoms with Crippen molar-refractivity contribution in [3.05, 3.63) is 29.8 Å². The van der Waals surface area contributed by atoms with Gasteiger partial charge < -0.3 is 14.8 Å². The number of benzene rings is 1. The van der Waals surface area contributed by atoms with Crippen LogP contribution in [-0.2, 0) is 4.74 Å². The first-order valence-corrected chi connectivity index (χ1v) is 5.66. The molecule has 1 aromatic rings. The third-order valence-corrected chi connectivity index (χ3v) is 2.46. The van der Waals surface area contributed by atoms with Crippen LogP contribution in [0.25, 0.3) is 0 Å². The molecule has 17 heavy (non-hydrogen) atoms. The van der Waals surface area contributed by atoms with E-state index in [1.807, 2.05) is 0 Å². The number of carbonyl (C=O) groups excluding carboxylic acids is 1. The molecule has 1 unspecified atom stereocenters. The van der Waals surface area contributed by atoms with E-state index in [1.54, 1.807) is 38.5 Å². The normalized spacial score (nSPS) is 11.9. The van der Waals surface area contributed by atoms with Gasteiger partial charge in [0.25, 0.3) is 5.91 Å². The van der Waals surface area contributed by atoms with Crippen molar-refractivity contribution in [3.8, 4) is 5.75 Å². The Labute approximate surface area is 106 Å². The molecule has 1 N–H and O–H groups in total. The SMILES string of the molecule is COCC(Cl)CNC(=O)c1ccc(OC)cc1. The Balaban J connectivity index is 2.46. The summed E-state index contributed by atoms with van der Waals surface area (Å²) in [4.78, 5) is 11.7. The van der Waals surface area contributed by atoms with Gasteiger partial charge in [-0.3, -0.25) is 4.79 Å². The molecule has 0 aliphatic heterocycles. The summed E-state index contributed by atoms with van der Waals surface area (Å²) in [5, 5.41) is 2.51. The lowest BCUT2D eigenvalue weighted by Crippen LogP contribution is -2.31. The summed E-state index contributed by atoms with van der Waals surface area (Å²) in [6.07, 6.45) is 0. The van der Waals surface area contributed by atoms with Crippen molar-refractivity contribution < 1.29 is 14.3 Å². The second-order valence-corrected chi connectivity index (χ2v) is 4.11. The first-order chi connectivity index (χ1) is 8.17. The number of nitrogens with one attached hydrogen (secondary N) is 1. The molecule has 1 atom stereocenters. The standard InChI is InChI=1S/C12H16ClNO3/c1-16-8-10(13)7-14-12(15)9-3-5-11(17-2)6-4-9/h3-6,10H,7-8H2,1-2H3,(H,14,15). The molecule has 0 fully saturated rings. The zero-order chi connectivity index (χ0) is 12.7. The van der Waals surface area contributed by atoms with Gasteiger partial charge in [-0.1, -0.05) is 0 Å². The average molecular weight is 258 g/mol. The number of halogens is 1. The maximum atomic E-state index is 11.7. The molecule has 0 radical (unpaired) electrons. The topological polar surface area (TPSA) is 47.6 Å². The van der Waals surface area contributed by atoms with Crippen LogP contribution >= 0.6 is 11.6 Å². The van der Waals surface area contributed by atoms with Gasteiger partial charge in [-0.25, -0.2) is 0 Å². The smallest absolute Gasteiger partial charge is 0.251 e. The van der Waals surface area contributed by atoms with E-state index >= 15 is 0 Å². The highest BCUT2D eigenvalue weighted by atomic mass is 35.5. The number of ether oxygens (including phenoxy) is 2. The highest BCUT2D eigenvalue weighted by molar-refractivity contribution is 6.21. The molecule has 1 amide bonds. The lowest BCUT2D eigenvalue weighted by atomic mass is 10.2. The van der Waals surface area contributed by atoms with E-state index in [0.29, 0.717) is 18.7 Å². The van der Waals surface area contributed by atoms with Gasteiger partial charge in [0.1, 0.15) is 5.75 Å². The Kier molecular flexibility index (Phi) is 5.80. The zero-order valence-electron chi connectivity index (χ0n) is 9.90. The molecule has 0 saturated carbocycles. The van der Waals surface area contributed by atoms with Gasteiger partial charge >= 0.3 is 0 Å². The van der Waals surface area contributed by atoms with Crippen molar-refractivity contribution in [1.29, 1.82) is 0 Å².